The highest BCUT2D eigenvalue weighted by molar-refractivity contribution is 9.10. The zero-order chi connectivity index (χ0) is 16.9. The van der Waals surface area contributed by atoms with E-state index in [0.29, 0.717) is 11.3 Å². The van der Waals surface area contributed by atoms with Gasteiger partial charge in [-0.05, 0) is 43.3 Å². The summed E-state index contributed by atoms with van der Waals surface area (Å²) in [6, 6.07) is 18.8. The van der Waals surface area contributed by atoms with Crippen LogP contribution >= 0.6 is 15.9 Å². The van der Waals surface area contributed by atoms with Gasteiger partial charge >= 0.3 is 0 Å². The third-order valence-electron chi connectivity index (χ3n) is 3.43. The fourth-order valence-corrected chi connectivity index (χ4v) is 2.38. The molecule has 0 aliphatic carbocycles. The number of nitrogens with one attached hydrogen (secondary N) is 1. The molecule has 0 atom stereocenters. The maximum Gasteiger partial charge on any atom is 0.271 e. The van der Waals surface area contributed by atoms with Crippen LogP contribution in [0.25, 0.3) is 11.3 Å². The minimum Gasteiger partial charge on any atom is -0.455 e. The summed E-state index contributed by atoms with van der Waals surface area (Å²) in [5.41, 5.74) is 5.13. The molecule has 1 N–H and O–H groups in total. The number of hydrazone groups is 1. The van der Waals surface area contributed by atoms with E-state index in [9.17, 15) is 4.79 Å². The van der Waals surface area contributed by atoms with E-state index < -0.39 is 0 Å². The zero-order valence-electron chi connectivity index (χ0n) is 13.0. The predicted molar refractivity (Wildman–Crippen MR) is 98.1 cm³/mol. The van der Waals surface area contributed by atoms with E-state index in [2.05, 4.69) is 26.5 Å². The first-order valence-corrected chi connectivity index (χ1v) is 8.17. The number of nitrogens with zero attached hydrogens (tertiary/aromatic N) is 1. The van der Waals surface area contributed by atoms with Crippen LogP contribution in [0, 0.1) is 6.92 Å². The van der Waals surface area contributed by atoms with Crippen LogP contribution in [0.2, 0.25) is 0 Å². The standard InChI is InChI=1S/C19H15BrN2O2/c1-13-2-4-15(5-3-13)19(23)22-21-12-17-10-11-18(24-17)14-6-8-16(20)9-7-14/h2-12H,1H3,(H,22,23)/b21-12+. The van der Waals surface area contributed by atoms with E-state index in [1.807, 2.05) is 49.4 Å². The van der Waals surface area contributed by atoms with Gasteiger partial charge in [0.15, 0.2) is 0 Å². The molecule has 2 aromatic carbocycles. The maximum atomic E-state index is 11.9. The van der Waals surface area contributed by atoms with Crippen molar-refractivity contribution < 1.29 is 9.21 Å². The molecule has 0 aliphatic rings. The highest BCUT2D eigenvalue weighted by atomic mass is 79.9. The quantitative estimate of drug-likeness (QED) is 0.521. The van der Waals surface area contributed by atoms with Crippen molar-refractivity contribution in [3.8, 4) is 11.3 Å². The second-order valence-corrected chi connectivity index (χ2v) is 6.19. The number of amides is 1. The number of carbonyl (C=O) groups excluding carboxylic acids is 1. The smallest absolute Gasteiger partial charge is 0.271 e. The predicted octanol–water partition coefficient (Wildman–Crippen LogP) is 4.78. The topological polar surface area (TPSA) is 54.6 Å². The summed E-state index contributed by atoms with van der Waals surface area (Å²) >= 11 is 3.40. The van der Waals surface area contributed by atoms with Crippen molar-refractivity contribution in [1.29, 1.82) is 0 Å². The van der Waals surface area contributed by atoms with E-state index in [4.69, 9.17) is 4.42 Å². The van der Waals surface area contributed by atoms with Crippen LogP contribution in [0.1, 0.15) is 21.7 Å². The largest absolute Gasteiger partial charge is 0.455 e. The van der Waals surface area contributed by atoms with Gasteiger partial charge in [0.1, 0.15) is 11.5 Å². The molecule has 1 heterocycles. The first kappa shape index (κ1) is 16.2. The Kier molecular flexibility index (Phi) is 4.91. The van der Waals surface area contributed by atoms with Crippen LogP contribution in [-0.4, -0.2) is 12.1 Å². The number of aryl methyl sites for hydroxylation is 1. The Morgan fingerprint density at radius 1 is 1.04 bits per heavy atom. The summed E-state index contributed by atoms with van der Waals surface area (Å²) < 4.78 is 6.71. The minimum absolute atomic E-state index is 0.258. The lowest BCUT2D eigenvalue weighted by molar-refractivity contribution is 0.0955. The van der Waals surface area contributed by atoms with Crippen molar-refractivity contribution in [2.45, 2.75) is 6.92 Å². The third kappa shape index (κ3) is 4.00. The second-order valence-electron chi connectivity index (χ2n) is 5.27. The summed E-state index contributed by atoms with van der Waals surface area (Å²) in [7, 11) is 0. The van der Waals surface area contributed by atoms with Crippen molar-refractivity contribution in [1.82, 2.24) is 5.43 Å². The first-order chi connectivity index (χ1) is 11.6. The number of furan rings is 1. The Morgan fingerprint density at radius 3 is 2.46 bits per heavy atom. The number of carbonyl (C=O) groups is 1. The molecule has 1 amide bonds. The molecule has 0 saturated heterocycles. The average Bonchev–Trinajstić information content (AvgIpc) is 3.05. The molecule has 24 heavy (non-hydrogen) atoms. The molecule has 0 bridgehead atoms. The van der Waals surface area contributed by atoms with Crippen LogP contribution < -0.4 is 5.43 Å². The molecule has 3 aromatic rings. The van der Waals surface area contributed by atoms with Gasteiger partial charge in [-0.1, -0.05) is 45.8 Å². The van der Waals surface area contributed by atoms with Gasteiger partial charge in [0, 0.05) is 15.6 Å². The van der Waals surface area contributed by atoms with Gasteiger partial charge in [0.25, 0.3) is 5.91 Å². The van der Waals surface area contributed by atoms with E-state index >= 15 is 0 Å². The van der Waals surface area contributed by atoms with E-state index in [0.717, 1.165) is 21.4 Å². The summed E-state index contributed by atoms with van der Waals surface area (Å²) in [4.78, 5) is 11.9. The average molecular weight is 383 g/mol. The number of halogens is 1. The molecule has 0 saturated carbocycles. The maximum absolute atomic E-state index is 11.9. The van der Waals surface area contributed by atoms with E-state index in [1.54, 1.807) is 18.2 Å². The summed E-state index contributed by atoms with van der Waals surface area (Å²) in [6.45, 7) is 1.97. The van der Waals surface area contributed by atoms with Gasteiger partial charge in [-0.25, -0.2) is 5.43 Å². The Bertz CT molecular complexity index is 865. The minimum atomic E-state index is -0.258. The Hall–Kier alpha value is -2.66. The molecule has 120 valence electrons. The molecule has 0 unspecified atom stereocenters. The van der Waals surface area contributed by atoms with Crippen molar-refractivity contribution in [3.05, 3.63) is 82.0 Å². The van der Waals surface area contributed by atoms with Crippen molar-refractivity contribution in [2.75, 3.05) is 0 Å². The van der Waals surface area contributed by atoms with Crippen molar-refractivity contribution >= 4 is 28.1 Å². The molecule has 1 aromatic heterocycles. The van der Waals surface area contributed by atoms with Crippen molar-refractivity contribution in [3.63, 3.8) is 0 Å². The molecular formula is C19H15BrN2O2. The number of hydrogen-bond donors (Lipinski definition) is 1. The molecule has 0 aliphatic heterocycles. The third-order valence-corrected chi connectivity index (χ3v) is 3.96. The van der Waals surface area contributed by atoms with E-state index in [1.165, 1.54) is 6.21 Å². The highest BCUT2D eigenvalue weighted by Gasteiger charge is 2.05. The van der Waals surface area contributed by atoms with Crippen LogP contribution in [0.15, 0.2) is 74.7 Å². The van der Waals surface area contributed by atoms with E-state index in [-0.39, 0.29) is 5.91 Å². The van der Waals surface area contributed by atoms with Gasteiger partial charge in [-0.2, -0.15) is 5.10 Å². The van der Waals surface area contributed by atoms with Crippen LogP contribution in [-0.2, 0) is 0 Å². The van der Waals surface area contributed by atoms with Gasteiger partial charge < -0.3 is 4.42 Å². The molecular weight excluding hydrogens is 368 g/mol. The number of benzene rings is 2. The van der Waals surface area contributed by atoms with Gasteiger partial charge in [0.2, 0.25) is 0 Å². The van der Waals surface area contributed by atoms with Gasteiger partial charge in [-0.3, -0.25) is 4.79 Å². The normalized spacial score (nSPS) is 10.9. The second kappa shape index (κ2) is 7.27. The van der Waals surface area contributed by atoms with Crippen LogP contribution in [0.4, 0.5) is 0 Å². The summed E-state index contributed by atoms with van der Waals surface area (Å²) in [5.74, 6) is 1.05. The molecule has 5 heteroatoms. The lowest BCUT2D eigenvalue weighted by Gasteiger charge is -1.99. The highest BCUT2D eigenvalue weighted by Crippen LogP contribution is 2.23. The Morgan fingerprint density at radius 2 is 1.75 bits per heavy atom. The molecule has 0 spiro atoms. The monoisotopic (exact) mass is 382 g/mol. The van der Waals surface area contributed by atoms with Crippen molar-refractivity contribution in [2.24, 2.45) is 5.10 Å². The first-order valence-electron chi connectivity index (χ1n) is 7.38. The Labute approximate surface area is 148 Å². The van der Waals surface area contributed by atoms with Crippen LogP contribution in [0.3, 0.4) is 0 Å². The fraction of sp³-hybridized carbons (Fsp3) is 0.0526. The lowest BCUT2D eigenvalue weighted by Crippen LogP contribution is -2.17. The summed E-state index contributed by atoms with van der Waals surface area (Å²) in [5, 5.41) is 3.94. The lowest BCUT2D eigenvalue weighted by atomic mass is 10.1. The molecule has 0 radical (unpaired) electrons. The molecule has 3 rings (SSSR count). The fourth-order valence-electron chi connectivity index (χ4n) is 2.12. The molecule has 4 nitrogen and oxygen atoms in total. The summed E-state index contributed by atoms with van der Waals surface area (Å²) in [6.07, 6.45) is 1.48. The number of hydrogen-bond acceptors (Lipinski definition) is 3. The molecule has 0 fully saturated rings. The Balaban J connectivity index is 1.64. The van der Waals surface area contributed by atoms with Gasteiger partial charge in [0.05, 0.1) is 6.21 Å². The SMILES string of the molecule is Cc1ccc(C(=O)N/N=C/c2ccc(-c3ccc(Br)cc3)o2)cc1. The van der Waals surface area contributed by atoms with Crippen LogP contribution in [0.5, 0.6) is 0 Å². The van der Waals surface area contributed by atoms with Gasteiger partial charge in [-0.15, -0.1) is 0 Å². The number of rotatable bonds is 4. The zero-order valence-corrected chi connectivity index (χ0v) is 14.6.